The van der Waals surface area contributed by atoms with Crippen LogP contribution in [0.15, 0.2) is 40.8 Å². The van der Waals surface area contributed by atoms with Crippen LogP contribution in [-0.2, 0) is 11.2 Å². The number of nitrogens with one attached hydrogen (secondary N) is 1. The van der Waals surface area contributed by atoms with Gasteiger partial charge in [0.2, 0.25) is 5.82 Å². The van der Waals surface area contributed by atoms with Crippen molar-refractivity contribution in [1.82, 2.24) is 30.2 Å². The quantitative estimate of drug-likeness (QED) is 0.382. The Balaban J connectivity index is 1.66. The highest BCUT2D eigenvalue weighted by molar-refractivity contribution is 7.13. The van der Waals surface area contributed by atoms with Gasteiger partial charge in [-0.2, -0.15) is 5.21 Å². The van der Waals surface area contributed by atoms with E-state index in [0.29, 0.717) is 30.5 Å². The molecule has 1 atom stereocenters. The maximum absolute atomic E-state index is 13.1. The average Bonchev–Trinajstić information content (AvgIpc) is 3.55. The molecule has 0 saturated heterocycles. The van der Waals surface area contributed by atoms with Gasteiger partial charge in [0.25, 0.3) is 0 Å². The van der Waals surface area contributed by atoms with Crippen LogP contribution in [0.1, 0.15) is 31.9 Å². The zero-order chi connectivity index (χ0) is 23.7. The number of aromatic amines is 1. The summed E-state index contributed by atoms with van der Waals surface area (Å²) in [4.78, 5) is 17.6. The van der Waals surface area contributed by atoms with Crippen molar-refractivity contribution in [2.75, 3.05) is 20.3 Å². The maximum Gasteiger partial charge on any atom is 0.210 e. The van der Waals surface area contributed by atoms with E-state index in [-0.39, 0.29) is 11.5 Å². The fourth-order valence-corrected chi connectivity index (χ4v) is 5.08. The van der Waals surface area contributed by atoms with E-state index in [4.69, 9.17) is 9.47 Å². The van der Waals surface area contributed by atoms with E-state index < -0.39 is 0 Å². The molecule has 10 heteroatoms. The second kappa shape index (κ2) is 9.47. The number of fused-ring (bicyclic) bond motifs is 3. The van der Waals surface area contributed by atoms with Crippen LogP contribution in [0.3, 0.4) is 0 Å². The van der Waals surface area contributed by atoms with Crippen LogP contribution in [-0.4, -0.2) is 50.5 Å². The van der Waals surface area contributed by atoms with Gasteiger partial charge in [0.1, 0.15) is 10.8 Å². The van der Waals surface area contributed by atoms with Gasteiger partial charge in [0.05, 0.1) is 23.4 Å². The molecule has 5 rings (SSSR count). The molecule has 1 aromatic carbocycles. The molecule has 9 nitrogen and oxygen atoms in total. The van der Waals surface area contributed by atoms with Gasteiger partial charge in [0, 0.05) is 55.6 Å². The van der Waals surface area contributed by atoms with Crippen molar-refractivity contribution in [3.63, 3.8) is 0 Å². The number of tetrazole rings is 1. The molecule has 34 heavy (non-hydrogen) atoms. The standard InChI is InChI=1S/C24H26N6O3S/c1-14(2)19-9-15-10-22(33-7-4-6-32-3)17(24-25-5-8-34-24)11-16(15)20-12-21(31)18(13-30(19)20)23-26-28-29-27-23/h5,8,10-14,19H,4,6-7,9H2,1-3H3,(H,26,27,28,29). The molecule has 1 aliphatic heterocycles. The molecule has 1 aliphatic rings. The van der Waals surface area contributed by atoms with E-state index in [0.717, 1.165) is 46.0 Å². The summed E-state index contributed by atoms with van der Waals surface area (Å²) in [6, 6.07) is 6.08. The van der Waals surface area contributed by atoms with Gasteiger partial charge < -0.3 is 14.0 Å². The van der Waals surface area contributed by atoms with Gasteiger partial charge in [-0.05, 0) is 35.2 Å². The van der Waals surface area contributed by atoms with Gasteiger partial charge >= 0.3 is 0 Å². The molecule has 0 amide bonds. The summed E-state index contributed by atoms with van der Waals surface area (Å²) in [6.45, 7) is 5.59. The van der Waals surface area contributed by atoms with E-state index in [1.165, 1.54) is 0 Å². The predicted molar refractivity (Wildman–Crippen MR) is 130 cm³/mol. The van der Waals surface area contributed by atoms with Crippen molar-refractivity contribution in [3.8, 4) is 39.0 Å². The summed E-state index contributed by atoms with van der Waals surface area (Å²) >= 11 is 1.56. The van der Waals surface area contributed by atoms with Gasteiger partial charge in [0.15, 0.2) is 5.43 Å². The van der Waals surface area contributed by atoms with Crippen LogP contribution >= 0.6 is 11.3 Å². The molecule has 176 valence electrons. The number of ether oxygens (including phenoxy) is 2. The van der Waals surface area contributed by atoms with Crippen molar-refractivity contribution in [1.29, 1.82) is 0 Å². The number of hydrogen-bond acceptors (Lipinski definition) is 8. The molecule has 4 heterocycles. The minimum absolute atomic E-state index is 0.140. The molecule has 3 aromatic heterocycles. The Morgan fingerprint density at radius 3 is 2.79 bits per heavy atom. The summed E-state index contributed by atoms with van der Waals surface area (Å²) in [5.41, 5.74) is 4.27. The first-order valence-electron chi connectivity index (χ1n) is 11.3. The first kappa shape index (κ1) is 22.4. The highest BCUT2D eigenvalue weighted by atomic mass is 32.1. The fraction of sp³-hybridized carbons (Fsp3) is 0.375. The fourth-order valence-electron chi connectivity index (χ4n) is 4.42. The van der Waals surface area contributed by atoms with Gasteiger partial charge in [-0.3, -0.25) is 4.79 Å². The molecule has 0 aliphatic carbocycles. The van der Waals surface area contributed by atoms with Crippen molar-refractivity contribution in [3.05, 3.63) is 51.8 Å². The van der Waals surface area contributed by atoms with Crippen molar-refractivity contribution < 1.29 is 9.47 Å². The molecular formula is C24H26N6O3S. The predicted octanol–water partition coefficient (Wildman–Crippen LogP) is 3.99. The lowest BCUT2D eigenvalue weighted by molar-refractivity contribution is 0.172. The highest BCUT2D eigenvalue weighted by Crippen LogP contribution is 2.43. The van der Waals surface area contributed by atoms with Crippen LogP contribution in [0, 0.1) is 5.92 Å². The summed E-state index contributed by atoms with van der Waals surface area (Å²) in [5, 5.41) is 16.9. The molecule has 0 spiro atoms. The van der Waals surface area contributed by atoms with Gasteiger partial charge in [-0.15, -0.1) is 21.5 Å². The largest absolute Gasteiger partial charge is 0.493 e. The van der Waals surface area contributed by atoms with Crippen LogP contribution in [0.2, 0.25) is 0 Å². The molecule has 0 fully saturated rings. The Kier molecular flexibility index (Phi) is 6.25. The Morgan fingerprint density at radius 2 is 2.09 bits per heavy atom. The summed E-state index contributed by atoms with van der Waals surface area (Å²) in [5.74, 6) is 1.46. The van der Waals surface area contributed by atoms with Crippen molar-refractivity contribution in [2.45, 2.75) is 32.7 Å². The second-order valence-electron chi connectivity index (χ2n) is 8.63. The lowest BCUT2D eigenvalue weighted by atomic mass is 9.86. The second-order valence-corrected chi connectivity index (χ2v) is 9.53. The summed E-state index contributed by atoms with van der Waals surface area (Å²) in [7, 11) is 1.69. The third-order valence-electron chi connectivity index (χ3n) is 6.12. The average molecular weight is 479 g/mol. The molecule has 1 N–H and O–H groups in total. The van der Waals surface area contributed by atoms with Crippen molar-refractivity contribution in [2.24, 2.45) is 5.92 Å². The SMILES string of the molecule is COCCCOc1cc2c(cc1-c1nccs1)-c1cc(=O)c(-c3nn[nH]n3)cn1C(C(C)C)C2. The number of aromatic nitrogens is 6. The normalized spacial score (nSPS) is 14.8. The van der Waals surface area contributed by atoms with Crippen molar-refractivity contribution >= 4 is 11.3 Å². The topological polar surface area (TPSA) is 108 Å². The van der Waals surface area contributed by atoms with Crippen LogP contribution in [0.5, 0.6) is 5.75 Å². The number of rotatable bonds is 8. The van der Waals surface area contributed by atoms with E-state index >= 15 is 0 Å². The lowest BCUT2D eigenvalue weighted by Crippen LogP contribution is -2.26. The Bertz CT molecular complexity index is 1330. The molecule has 0 saturated carbocycles. The zero-order valence-electron chi connectivity index (χ0n) is 19.3. The summed E-state index contributed by atoms with van der Waals surface area (Å²) < 4.78 is 13.5. The minimum Gasteiger partial charge on any atom is -0.493 e. The number of H-pyrrole nitrogens is 1. The Labute approximate surface area is 200 Å². The number of methoxy groups -OCH3 is 1. The van der Waals surface area contributed by atoms with E-state index in [9.17, 15) is 4.79 Å². The number of hydrogen-bond donors (Lipinski definition) is 1. The highest BCUT2D eigenvalue weighted by Gasteiger charge is 2.29. The number of benzene rings is 1. The molecule has 1 unspecified atom stereocenters. The van der Waals surface area contributed by atoms with Gasteiger partial charge in [-0.25, -0.2) is 4.98 Å². The first-order chi connectivity index (χ1) is 16.6. The number of pyridine rings is 1. The minimum atomic E-state index is -0.140. The zero-order valence-corrected chi connectivity index (χ0v) is 20.1. The molecule has 0 radical (unpaired) electrons. The smallest absolute Gasteiger partial charge is 0.210 e. The summed E-state index contributed by atoms with van der Waals surface area (Å²) in [6.07, 6.45) is 5.28. The number of thiazole rings is 1. The van der Waals surface area contributed by atoms with E-state index in [1.807, 2.05) is 11.6 Å². The lowest BCUT2D eigenvalue weighted by Gasteiger charge is -2.34. The monoisotopic (exact) mass is 478 g/mol. The van der Waals surface area contributed by atoms with Gasteiger partial charge in [-0.1, -0.05) is 13.8 Å². The number of nitrogens with zero attached hydrogens (tertiary/aromatic N) is 5. The van der Waals surface area contributed by atoms with E-state index in [1.54, 1.807) is 30.7 Å². The molecular weight excluding hydrogens is 452 g/mol. The maximum atomic E-state index is 13.1. The molecule has 4 aromatic rings. The third kappa shape index (κ3) is 4.14. The Morgan fingerprint density at radius 1 is 1.21 bits per heavy atom. The Hall–Kier alpha value is -3.37. The molecule has 0 bridgehead atoms. The first-order valence-corrected chi connectivity index (χ1v) is 12.1. The van der Waals surface area contributed by atoms with Crippen LogP contribution < -0.4 is 10.2 Å². The van der Waals surface area contributed by atoms with E-state index in [2.05, 4.69) is 56.2 Å². The van der Waals surface area contributed by atoms with Crippen LogP contribution in [0.4, 0.5) is 0 Å². The van der Waals surface area contributed by atoms with Crippen LogP contribution in [0.25, 0.3) is 33.2 Å². The third-order valence-corrected chi connectivity index (χ3v) is 6.92.